The Hall–Kier alpha value is -0.120. The van der Waals surface area contributed by atoms with Crippen molar-refractivity contribution in [2.75, 3.05) is 26.2 Å². The van der Waals surface area contributed by atoms with E-state index in [1.54, 1.807) is 0 Å². The molecule has 2 atom stereocenters. The topological polar surface area (TPSA) is 35.5 Å². The third-order valence-corrected chi connectivity index (χ3v) is 4.24. The highest BCUT2D eigenvalue weighted by Crippen LogP contribution is 2.32. The van der Waals surface area contributed by atoms with Gasteiger partial charge in [-0.1, -0.05) is 13.3 Å². The summed E-state index contributed by atoms with van der Waals surface area (Å²) in [4.78, 5) is 2.52. The monoisotopic (exact) mass is 240 g/mol. The molecule has 100 valence electrons. The zero-order valence-corrected chi connectivity index (χ0v) is 11.2. The van der Waals surface area contributed by atoms with E-state index >= 15 is 0 Å². The van der Waals surface area contributed by atoms with Crippen LogP contribution in [0.2, 0.25) is 0 Å². The van der Waals surface area contributed by atoms with Crippen LogP contribution in [0.3, 0.4) is 0 Å². The summed E-state index contributed by atoms with van der Waals surface area (Å²) in [6, 6.07) is 1.52. The minimum atomic E-state index is 0.316. The van der Waals surface area contributed by atoms with Gasteiger partial charge in [0.1, 0.15) is 0 Å². The molecule has 17 heavy (non-hydrogen) atoms. The van der Waals surface area contributed by atoms with E-state index < -0.39 is 0 Å². The van der Waals surface area contributed by atoms with Gasteiger partial charge >= 0.3 is 0 Å². The van der Waals surface area contributed by atoms with Crippen LogP contribution >= 0.6 is 0 Å². The van der Waals surface area contributed by atoms with E-state index in [2.05, 4.69) is 17.1 Å². The number of rotatable bonds is 8. The van der Waals surface area contributed by atoms with E-state index in [0.29, 0.717) is 6.61 Å². The molecule has 2 unspecified atom stereocenters. The molecule has 2 aliphatic carbocycles. The van der Waals surface area contributed by atoms with Crippen molar-refractivity contribution in [2.45, 2.75) is 57.5 Å². The predicted octanol–water partition coefficient (Wildman–Crippen LogP) is 1.61. The summed E-state index contributed by atoms with van der Waals surface area (Å²) in [7, 11) is 0. The van der Waals surface area contributed by atoms with Crippen molar-refractivity contribution in [1.29, 1.82) is 0 Å². The normalized spacial score (nSPS) is 29.1. The van der Waals surface area contributed by atoms with Crippen molar-refractivity contribution in [3.8, 4) is 0 Å². The molecule has 3 heteroatoms. The molecule has 0 heterocycles. The Morgan fingerprint density at radius 3 is 2.71 bits per heavy atom. The van der Waals surface area contributed by atoms with Crippen LogP contribution in [0.25, 0.3) is 0 Å². The van der Waals surface area contributed by atoms with Crippen molar-refractivity contribution in [1.82, 2.24) is 10.2 Å². The van der Waals surface area contributed by atoms with Gasteiger partial charge in [-0.3, -0.25) is 4.90 Å². The van der Waals surface area contributed by atoms with E-state index in [1.807, 2.05) is 0 Å². The number of nitrogens with one attached hydrogen (secondary N) is 1. The van der Waals surface area contributed by atoms with Gasteiger partial charge in [0.25, 0.3) is 0 Å². The highest BCUT2D eigenvalue weighted by molar-refractivity contribution is 4.90. The molecule has 0 radical (unpaired) electrons. The molecule has 2 aliphatic rings. The molecule has 2 fully saturated rings. The number of aliphatic hydroxyl groups is 1. The average Bonchev–Trinajstić information content (AvgIpc) is 3.08. The summed E-state index contributed by atoms with van der Waals surface area (Å²) < 4.78 is 0. The van der Waals surface area contributed by atoms with E-state index in [9.17, 15) is 0 Å². The van der Waals surface area contributed by atoms with Gasteiger partial charge in [-0.2, -0.15) is 0 Å². The van der Waals surface area contributed by atoms with E-state index in [4.69, 9.17) is 5.11 Å². The Labute approximate surface area is 106 Å². The first-order valence-corrected chi connectivity index (χ1v) is 7.43. The van der Waals surface area contributed by atoms with Gasteiger partial charge in [-0.15, -0.1) is 0 Å². The van der Waals surface area contributed by atoms with Crippen molar-refractivity contribution in [3.63, 3.8) is 0 Å². The van der Waals surface area contributed by atoms with Crippen LogP contribution in [0.1, 0.15) is 45.4 Å². The van der Waals surface area contributed by atoms with Crippen molar-refractivity contribution in [3.05, 3.63) is 0 Å². The van der Waals surface area contributed by atoms with Crippen molar-refractivity contribution >= 4 is 0 Å². The lowest BCUT2D eigenvalue weighted by Gasteiger charge is -2.28. The van der Waals surface area contributed by atoms with Crippen LogP contribution in [0.5, 0.6) is 0 Å². The molecule has 0 aromatic heterocycles. The zero-order chi connectivity index (χ0) is 12.1. The van der Waals surface area contributed by atoms with Crippen LogP contribution < -0.4 is 5.32 Å². The van der Waals surface area contributed by atoms with E-state index in [0.717, 1.165) is 31.1 Å². The lowest BCUT2D eigenvalue weighted by molar-refractivity contribution is 0.160. The highest BCUT2D eigenvalue weighted by Gasteiger charge is 2.34. The minimum absolute atomic E-state index is 0.316. The third-order valence-electron chi connectivity index (χ3n) is 4.24. The summed E-state index contributed by atoms with van der Waals surface area (Å²) in [5.74, 6) is 0.814. The van der Waals surface area contributed by atoms with Gasteiger partial charge in [0.05, 0.1) is 6.61 Å². The maximum atomic E-state index is 9.14. The quantitative estimate of drug-likeness (QED) is 0.676. The molecule has 0 aromatic rings. The Morgan fingerprint density at radius 1 is 1.24 bits per heavy atom. The van der Waals surface area contributed by atoms with Crippen molar-refractivity contribution in [2.24, 2.45) is 5.92 Å². The molecule has 2 saturated carbocycles. The SMILES string of the molecule is CCCNC1CCCC1CN(CCO)C1CC1. The van der Waals surface area contributed by atoms with Crippen LogP contribution in [0.15, 0.2) is 0 Å². The third kappa shape index (κ3) is 3.94. The zero-order valence-electron chi connectivity index (χ0n) is 11.2. The van der Waals surface area contributed by atoms with Crippen LogP contribution in [0, 0.1) is 5.92 Å². The molecule has 0 amide bonds. The summed E-state index contributed by atoms with van der Waals surface area (Å²) in [6.45, 7) is 5.79. The molecule has 0 aromatic carbocycles. The Morgan fingerprint density at radius 2 is 2.06 bits per heavy atom. The summed E-state index contributed by atoms with van der Waals surface area (Å²) >= 11 is 0. The molecule has 2 N–H and O–H groups in total. The van der Waals surface area contributed by atoms with Gasteiger partial charge in [-0.25, -0.2) is 0 Å². The lowest BCUT2D eigenvalue weighted by Crippen LogP contribution is -2.41. The fourth-order valence-corrected chi connectivity index (χ4v) is 3.15. The van der Waals surface area contributed by atoms with Crippen LogP contribution in [0.4, 0.5) is 0 Å². The first kappa shape index (κ1) is 13.3. The number of nitrogens with zero attached hydrogens (tertiary/aromatic N) is 1. The van der Waals surface area contributed by atoms with E-state index in [-0.39, 0.29) is 0 Å². The largest absolute Gasteiger partial charge is 0.395 e. The van der Waals surface area contributed by atoms with Gasteiger partial charge in [-0.05, 0) is 44.6 Å². The second kappa shape index (κ2) is 6.72. The summed E-state index contributed by atoms with van der Waals surface area (Å²) in [6.07, 6.45) is 8.02. The van der Waals surface area contributed by atoms with Gasteiger partial charge in [0.15, 0.2) is 0 Å². The highest BCUT2D eigenvalue weighted by atomic mass is 16.3. The number of hydrogen-bond acceptors (Lipinski definition) is 3. The van der Waals surface area contributed by atoms with Crippen LogP contribution in [-0.4, -0.2) is 48.3 Å². The fraction of sp³-hybridized carbons (Fsp3) is 1.00. The lowest BCUT2D eigenvalue weighted by atomic mass is 10.0. The van der Waals surface area contributed by atoms with Gasteiger partial charge in [0.2, 0.25) is 0 Å². The first-order chi connectivity index (χ1) is 8.35. The minimum Gasteiger partial charge on any atom is -0.395 e. The second-order valence-electron chi connectivity index (χ2n) is 5.70. The molecule has 0 aliphatic heterocycles. The number of aliphatic hydroxyl groups excluding tert-OH is 1. The summed E-state index contributed by atoms with van der Waals surface area (Å²) in [5.41, 5.74) is 0. The maximum Gasteiger partial charge on any atom is 0.0558 e. The molecule has 3 nitrogen and oxygen atoms in total. The molecule has 0 saturated heterocycles. The Kier molecular flexibility index (Phi) is 5.26. The fourth-order valence-electron chi connectivity index (χ4n) is 3.15. The number of hydrogen-bond donors (Lipinski definition) is 2. The molecular formula is C14H28N2O. The molecule has 0 spiro atoms. The second-order valence-corrected chi connectivity index (χ2v) is 5.70. The first-order valence-electron chi connectivity index (χ1n) is 7.43. The molecular weight excluding hydrogens is 212 g/mol. The molecule has 0 bridgehead atoms. The maximum absolute atomic E-state index is 9.14. The molecule has 2 rings (SSSR count). The predicted molar refractivity (Wildman–Crippen MR) is 71.1 cm³/mol. The Balaban J connectivity index is 1.78. The van der Waals surface area contributed by atoms with Crippen molar-refractivity contribution < 1.29 is 5.11 Å². The average molecular weight is 240 g/mol. The van der Waals surface area contributed by atoms with Crippen LogP contribution in [-0.2, 0) is 0 Å². The Bertz CT molecular complexity index is 218. The van der Waals surface area contributed by atoms with Gasteiger partial charge < -0.3 is 10.4 Å². The van der Waals surface area contributed by atoms with Gasteiger partial charge in [0, 0.05) is 25.2 Å². The smallest absolute Gasteiger partial charge is 0.0558 e. The van der Waals surface area contributed by atoms with E-state index in [1.165, 1.54) is 45.1 Å². The standard InChI is InChI=1S/C14H28N2O/c1-2-8-15-14-5-3-4-12(14)11-16(9-10-17)13-6-7-13/h12-15,17H,2-11H2,1H3. The summed E-state index contributed by atoms with van der Waals surface area (Å²) in [5, 5.41) is 12.8.